The molecule has 3 heterocycles. The van der Waals surface area contributed by atoms with Crippen LogP contribution >= 0.6 is 11.3 Å². The van der Waals surface area contributed by atoms with Gasteiger partial charge in [-0.1, -0.05) is 11.3 Å². The van der Waals surface area contributed by atoms with Gasteiger partial charge in [0.1, 0.15) is 10.8 Å². The van der Waals surface area contributed by atoms with Gasteiger partial charge in [0.25, 0.3) is 0 Å². The predicted molar refractivity (Wildman–Crippen MR) is 75.4 cm³/mol. The van der Waals surface area contributed by atoms with E-state index in [9.17, 15) is 0 Å². The molecule has 0 saturated heterocycles. The van der Waals surface area contributed by atoms with Gasteiger partial charge in [0.05, 0.1) is 13.7 Å². The molecule has 8 heteroatoms. The van der Waals surface area contributed by atoms with E-state index in [4.69, 9.17) is 10.5 Å². The topological polar surface area (TPSA) is 91.7 Å². The Morgan fingerprint density at radius 2 is 2.20 bits per heavy atom. The summed E-state index contributed by atoms with van der Waals surface area (Å²) in [6.07, 6.45) is 5.32. The molecule has 0 radical (unpaired) electrons. The number of anilines is 1. The number of methoxy groups -OCH3 is 1. The molecule has 0 aromatic carbocycles. The van der Waals surface area contributed by atoms with E-state index in [0.29, 0.717) is 17.6 Å². The zero-order valence-electron chi connectivity index (χ0n) is 10.7. The first kappa shape index (κ1) is 12.5. The molecule has 0 spiro atoms. The molecule has 20 heavy (non-hydrogen) atoms. The second-order valence-corrected chi connectivity index (χ2v) is 5.09. The Kier molecular flexibility index (Phi) is 3.30. The molecule has 0 saturated carbocycles. The molecule has 102 valence electrons. The van der Waals surface area contributed by atoms with Gasteiger partial charge in [0, 0.05) is 30.2 Å². The fourth-order valence-corrected chi connectivity index (χ4v) is 2.44. The van der Waals surface area contributed by atoms with Crippen LogP contribution in [0.1, 0.15) is 5.01 Å². The van der Waals surface area contributed by atoms with E-state index in [1.165, 1.54) is 11.3 Å². The number of imidazole rings is 1. The van der Waals surface area contributed by atoms with Crippen LogP contribution in [0.5, 0.6) is 5.88 Å². The Labute approximate surface area is 119 Å². The Morgan fingerprint density at radius 3 is 2.95 bits per heavy atom. The van der Waals surface area contributed by atoms with Crippen molar-refractivity contribution in [3.8, 4) is 17.3 Å². The number of nitrogen functional groups attached to an aromatic ring is 1. The minimum atomic E-state index is 0.465. The molecular formula is C12H12N6OS. The second-order valence-electron chi connectivity index (χ2n) is 4.00. The lowest BCUT2D eigenvalue weighted by atomic mass is 10.2. The van der Waals surface area contributed by atoms with Crippen molar-refractivity contribution >= 4 is 16.5 Å². The van der Waals surface area contributed by atoms with Gasteiger partial charge in [-0.3, -0.25) is 0 Å². The third kappa shape index (κ3) is 2.45. The lowest BCUT2D eigenvalue weighted by Gasteiger charge is -2.06. The van der Waals surface area contributed by atoms with E-state index in [-0.39, 0.29) is 0 Å². The van der Waals surface area contributed by atoms with Crippen molar-refractivity contribution in [1.82, 2.24) is 24.7 Å². The van der Waals surface area contributed by atoms with Gasteiger partial charge < -0.3 is 15.0 Å². The van der Waals surface area contributed by atoms with E-state index in [1.807, 2.05) is 22.9 Å². The quantitative estimate of drug-likeness (QED) is 0.781. The van der Waals surface area contributed by atoms with Gasteiger partial charge in [-0.05, 0) is 6.07 Å². The molecule has 3 aromatic rings. The summed E-state index contributed by atoms with van der Waals surface area (Å²) in [6, 6.07) is 3.73. The van der Waals surface area contributed by atoms with Gasteiger partial charge in [-0.2, -0.15) is 0 Å². The lowest BCUT2D eigenvalue weighted by molar-refractivity contribution is 0.398. The van der Waals surface area contributed by atoms with E-state index in [0.717, 1.165) is 16.4 Å². The van der Waals surface area contributed by atoms with E-state index < -0.39 is 0 Å². The molecule has 7 nitrogen and oxygen atoms in total. The van der Waals surface area contributed by atoms with Crippen LogP contribution in [0.25, 0.3) is 11.4 Å². The Morgan fingerprint density at radius 1 is 1.30 bits per heavy atom. The van der Waals surface area contributed by atoms with Crippen molar-refractivity contribution in [2.75, 3.05) is 12.8 Å². The Balaban J connectivity index is 1.93. The maximum absolute atomic E-state index is 5.59. The summed E-state index contributed by atoms with van der Waals surface area (Å²) in [6.45, 7) is 0.578. The molecule has 0 bridgehead atoms. The summed E-state index contributed by atoms with van der Waals surface area (Å²) in [5.74, 6) is 1.37. The third-order valence-electron chi connectivity index (χ3n) is 2.71. The van der Waals surface area contributed by atoms with E-state index in [1.54, 1.807) is 19.5 Å². The average molecular weight is 288 g/mol. The maximum atomic E-state index is 5.59. The highest BCUT2D eigenvalue weighted by Crippen LogP contribution is 2.22. The summed E-state index contributed by atoms with van der Waals surface area (Å²) in [5.41, 5.74) is 6.52. The van der Waals surface area contributed by atoms with Gasteiger partial charge in [0.2, 0.25) is 11.0 Å². The maximum Gasteiger partial charge on any atom is 0.213 e. The number of hydrogen-bond donors (Lipinski definition) is 1. The van der Waals surface area contributed by atoms with Crippen LogP contribution in [0.15, 0.2) is 30.7 Å². The minimum Gasteiger partial charge on any atom is -0.481 e. The molecule has 0 unspecified atom stereocenters. The number of ether oxygens (including phenoxy) is 1. The molecule has 3 rings (SSSR count). The van der Waals surface area contributed by atoms with Crippen LogP contribution in [0.4, 0.5) is 5.13 Å². The van der Waals surface area contributed by atoms with Crippen LogP contribution in [0, 0.1) is 0 Å². The summed E-state index contributed by atoms with van der Waals surface area (Å²) in [5, 5.41) is 9.13. The van der Waals surface area contributed by atoms with Crippen molar-refractivity contribution in [2.45, 2.75) is 6.54 Å². The standard InChI is InChI=1S/C12H12N6OS/c1-19-9-6-8(2-3-14-9)11-15-4-5-18(11)7-10-16-17-12(13)20-10/h2-6H,7H2,1H3,(H2,13,17). The van der Waals surface area contributed by atoms with Crippen LogP contribution in [-0.4, -0.2) is 31.8 Å². The van der Waals surface area contributed by atoms with Gasteiger partial charge in [-0.15, -0.1) is 10.2 Å². The molecule has 0 atom stereocenters. The van der Waals surface area contributed by atoms with Crippen molar-refractivity contribution in [3.63, 3.8) is 0 Å². The second kappa shape index (κ2) is 5.25. The van der Waals surface area contributed by atoms with Crippen molar-refractivity contribution < 1.29 is 4.74 Å². The highest BCUT2D eigenvalue weighted by atomic mass is 32.1. The Hall–Kier alpha value is -2.48. The van der Waals surface area contributed by atoms with Gasteiger partial charge in [-0.25, -0.2) is 9.97 Å². The van der Waals surface area contributed by atoms with Crippen molar-refractivity contribution in [1.29, 1.82) is 0 Å². The van der Waals surface area contributed by atoms with Crippen LogP contribution in [-0.2, 0) is 6.54 Å². The summed E-state index contributed by atoms with van der Waals surface area (Å²) < 4.78 is 7.11. The molecule has 0 aliphatic carbocycles. The number of nitrogens with zero attached hydrogens (tertiary/aromatic N) is 5. The van der Waals surface area contributed by atoms with Crippen LogP contribution in [0.3, 0.4) is 0 Å². The average Bonchev–Trinajstić information content (AvgIpc) is 3.08. The van der Waals surface area contributed by atoms with Crippen LogP contribution < -0.4 is 10.5 Å². The number of hydrogen-bond acceptors (Lipinski definition) is 7. The summed E-state index contributed by atoms with van der Waals surface area (Å²) in [4.78, 5) is 8.46. The van der Waals surface area contributed by atoms with Crippen molar-refractivity contribution in [3.05, 3.63) is 35.7 Å². The molecule has 3 aromatic heterocycles. The molecule has 2 N–H and O–H groups in total. The zero-order valence-corrected chi connectivity index (χ0v) is 11.5. The normalized spacial score (nSPS) is 10.7. The predicted octanol–water partition coefficient (Wildman–Crippen LogP) is 1.44. The monoisotopic (exact) mass is 288 g/mol. The highest BCUT2D eigenvalue weighted by Gasteiger charge is 2.10. The molecule has 0 fully saturated rings. The molecule has 0 amide bonds. The molecular weight excluding hydrogens is 276 g/mol. The number of pyridine rings is 1. The zero-order chi connectivity index (χ0) is 13.9. The number of nitrogens with two attached hydrogens (primary N) is 1. The first-order chi connectivity index (χ1) is 9.76. The SMILES string of the molecule is COc1cc(-c2nccn2Cc2nnc(N)s2)ccn1. The van der Waals surface area contributed by atoms with Crippen molar-refractivity contribution in [2.24, 2.45) is 0 Å². The third-order valence-corrected chi connectivity index (χ3v) is 3.44. The molecule has 0 aliphatic rings. The highest BCUT2D eigenvalue weighted by molar-refractivity contribution is 7.15. The fourth-order valence-electron chi connectivity index (χ4n) is 1.83. The van der Waals surface area contributed by atoms with Gasteiger partial charge >= 0.3 is 0 Å². The Bertz CT molecular complexity index is 722. The largest absolute Gasteiger partial charge is 0.481 e. The smallest absolute Gasteiger partial charge is 0.213 e. The fraction of sp³-hybridized carbons (Fsp3) is 0.167. The van der Waals surface area contributed by atoms with Gasteiger partial charge in [0.15, 0.2) is 0 Å². The van der Waals surface area contributed by atoms with E-state index in [2.05, 4.69) is 20.2 Å². The van der Waals surface area contributed by atoms with E-state index >= 15 is 0 Å². The van der Waals surface area contributed by atoms with Crippen LogP contribution in [0.2, 0.25) is 0 Å². The first-order valence-corrected chi connectivity index (χ1v) is 6.67. The number of rotatable bonds is 4. The summed E-state index contributed by atoms with van der Waals surface area (Å²) in [7, 11) is 1.59. The first-order valence-electron chi connectivity index (χ1n) is 5.85. The lowest BCUT2D eigenvalue weighted by Crippen LogP contribution is -2.01. The minimum absolute atomic E-state index is 0.465. The summed E-state index contributed by atoms with van der Waals surface area (Å²) >= 11 is 1.37. The number of aromatic nitrogens is 5. The molecule has 0 aliphatic heterocycles.